The zero-order valence-corrected chi connectivity index (χ0v) is 5.38. The van der Waals surface area contributed by atoms with Crippen LogP contribution in [-0.4, -0.2) is 36.0 Å². The number of hydrogen-bond donors (Lipinski definition) is 3. The number of hydrogen-bond acceptors (Lipinski definition) is 3. The predicted octanol–water partition coefficient (Wildman–Crippen LogP) is -0.885. The quantitative estimate of drug-likeness (QED) is 0.424. The zero-order valence-electron chi connectivity index (χ0n) is 5.38. The van der Waals surface area contributed by atoms with Crippen LogP contribution in [0.25, 0.3) is 0 Å². The third-order valence-electron chi connectivity index (χ3n) is 1.000. The van der Waals surface area contributed by atoms with Gasteiger partial charge in [0, 0.05) is 12.6 Å². The summed E-state index contributed by atoms with van der Waals surface area (Å²) in [5, 5.41) is 19.7. The van der Waals surface area contributed by atoms with Gasteiger partial charge in [-0.2, -0.15) is 0 Å². The Morgan fingerprint density at radius 3 is 2.56 bits per heavy atom. The monoisotopic (exact) mass is 131 g/mol. The summed E-state index contributed by atoms with van der Waals surface area (Å²) < 4.78 is 0. The van der Waals surface area contributed by atoms with Gasteiger partial charge in [0.05, 0.1) is 13.2 Å². The molecule has 54 valence electrons. The van der Waals surface area contributed by atoms with Gasteiger partial charge in [-0.3, -0.25) is 0 Å². The van der Waals surface area contributed by atoms with Crippen molar-refractivity contribution in [2.45, 2.75) is 6.04 Å². The van der Waals surface area contributed by atoms with Gasteiger partial charge in [-0.1, -0.05) is 6.08 Å². The maximum atomic E-state index is 8.54. The Hall–Kier alpha value is -0.380. The minimum Gasteiger partial charge on any atom is -0.395 e. The number of nitrogens with one attached hydrogen (secondary N) is 1. The molecule has 0 aromatic rings. The van der Waals surface area contributed by atoms with Crippen LogP contribution in [0.1, 0.15) is 0 Å². The zero-order chi connectivity index (χ0) is 7.11. The average molecular weight is 131 g/mol. The molecule has 0 spiro atoms. The first kappa shape index (κ1) is 8.62. The van der Waals surface area contributed by atoms with Crippen LogP contribution in [0.15, 0.2) is 12.7 Å². The number of rotatable bonds is 5. The lowest BCUT2D eigenvalue weighted by atomic mass is 10.3. The molecular formula is C6H13NO2. The van der Waals surface area contributed by atoms with E-state index in [0.29, 0.717) is 6.54 Å². The van der Waals surface area contributed by atoms with E-state index in [2.05, 4.69) is 11.9 Å². The first-order valence-electron chi connectivity index (χ1n) is 2.92. The summed E-state index contributed by atoms with van der Waals surface area (Å²) in [7, 11) is 0. The first-order valence-corrected chi connectivity index (χ1v) is 2.92. The van der Waals surface area contributed by atoms with Crippen molar-refractivity contribution in [1.82, 2.24) is 5.32 Å². The largest absolute Gasteiger partial charge is 0.395 e. The highest BCUT2D eigenvalue weighted by Gasteiger charge is 1.97. The van der Waals surface area contributed by atoms with Crippen LogP contribution < -0.4 is 5.32 Å². The molecule has 3 nitrogen and oxygen atoms in total. The molecular weight excluding hydrogens is 118 g/mol. The predicted molar refractivity (Wildman–Crippen MR) is 36.2 cm³/mol. The molecule has 0 rings (SSSR count). The van der Waals surface area contributed by atoms with Crippen molar-refractivity contribution >= 4 is 0 Å². The minimum atomic E-state index is -0.0860. The van der Waals surface area contributed by atoms with Gasteiger partial charge < -0.3 is 15.5 Å². The smallest absolute Gasteiger partial charge is 0.0620 e. The van der Waals surface area contributed by atoms with Crippen LogP contribution in [0, 0.1) is 0 Å². The number of aliphatic hydroxyl groups is 2. The fourth-order valence-electron chi connectivity index (χ4n) is 0.472. The molecule has 3 heteroatoms. The van der Waals surface area contributed by atoms with Gasteiger partial charge >= 0.3 is 0 Å². The van der Waals surface area contributed by atoms with Crippen LogP contribution in [0.2, 0.25) is 0 Å². The summed E-state index contributed by atoms with van der Waals surface area (Å²) in [6, 6.07) is -0.0860. The molecule has 0 heterocycles. The van der Waals surface area contributed by atoms with Crippen molar-refractivity contribution in [3.05, 3.63) is 12.7 Å². The molecule has 9 heavy (non-hydrogen) atoms. The molecule has 0 aliphatic carbocycles. The molecule has 0 aliphatic heterocycles. The fourth-order valence-corrected chi connectivity index (χ4v) is 0.472. The summed E-state index contributed by atoms with van der Waals surface area (Å²) in [6.45, 7) is 4.10. The lowest BCUT2D eigenvalue weighted by molar-refractivity contribution is 0.244. The second-order valence-electron chi connectivity index (χ2n) is 1.70. The molecule has 0 fully saturated rings. The minimum absolute atomic E-state index is 0.0312. The van der Waals surface area contributed by atoms with E-state index in [0.717, 1.165) is 0 Å². The normalized spacial score (nSPS) is 13.1. The number of aliphatic hydroxyl groups excluding tert-OH is 2. The molecule has 0 radical (unpaired) electrons. The van der Waals surface area contributed by atoms with Gasteiger partial charge in [-0.15, -0.1) is 6.58 Å². The summed E-state index contributed by atoms with van der Waals surface area (Å²) in [5.74, 6) is 0. The Labute approximate surface area is 55.0 Å². The molecule has 3 N–H and O–H groups in total. The SMILES string of the molecule is C=CC(CO)NCCO. The van der Waals surface area contributed by atoms with E-state index >= 15 is 0 Å². The Morgan fingerprint density at radius 1 is 1.56 bits per heavy atom. The average Bonchev–Trinajstić information content (AvgIpc) is 1.91. The molecule has 0 amide bonds. The molecule has 0 bridgehead atoms. The summed E-state index contributed by atoms with van der Waals surface area (Å²) in [5.41, 5.74) is 0. The maximum absolute atomic E-state index is 8.54. The Kier molecular flexibility index (Phi) is 5.51. The molecule has 1 unspecified atom stereocenters. The van der Waals surface area contributed by atoms with Crippen molar-refractivity contribution in [2.24, 2.45) is 0 Å². The summed E-state index contributed by atoms with van der Waals surface area (Å²) >= 11 is 0. The Bertz CT molecular complexity index is 75.5. The van der Waals surface area contributed by atoms with Crippen molar-refractivity contribution in [3.8, 4) is 0 Å². The van der Waals surface area contributed by atoms with E-state index in [4.69, 9.17) is 10.2 Å². The van der Waals surface area contributed by atoms with Gasteiger partial charge in [0.25, 0.3) is 0 Å². The van der Waals surface area contributed by atoms with Gasteiger partial charge in [-0.05, 0) is 0 Å². The Balaban J connectivity index is 3.20. The highest BCUT2D eigenvalue weighted by molar-refractivity contribution is 4.84. The van der Waals surface area contributed by atoms with E-state index < -0.39 is 0 Å². The molecule has 0 saturated carbocycles. The van der Waals surface area contributed by atoms with Crippen LogP contribution in [0.5, 0.6) is 0 Å². The van der Waals surface area contributed by atoms with Crippen molar-refractivity contribution < 1.29 is 10.2 Å². The van der Waals surface area contributed by atoms with E-state index in [1.54, 1.807) is 6.08 Å². The molecule has 0 aromatic carbocycles. The fraction of sp³-hybridized carbons (Fsp3) is 0.667. The third-order valence-corrected chi connectivity index (χ3v) is 1.000. The molecule has 0 aromatic heterocycles. The molecule has 0 saturated heterocycles. The van der Waals surface area contributed by atoms with Crippen molar-refractivity contribution in [1.29, 1.82) is 0 Å². The highest BCUT2D eigenvalue weighted by Crippen LogP contribution is 1.79. The van der Waals surface area contributed by atoms with E-state index in [1.165, 1.54) is 0 Å². The van der Waals surface area contributed by atoms with Crippen molar-refractivity contribution in [2.75, 3.05) is 19.8 Å². The van der Waals surface area contributed by atoms with Gasteiger partial charge in [0.2, 0.25) is 0 Å². The van der Waals surface area contributed by atoms with Crippen LogP contribution in [0.4, 0.5) is 0 Å². The summed E-state index contributed by atoms with van der Waals surface area (Å²) in [6.07, 6.45) is 1.61. The second kappa shape index (κ2) is 5.75. The van der Waals surface area contributed by atoms with Gasteiger partial charge in [0.15, 0.2) is 0 Å². The van der Waals surface area contributed by atoms with E-state index in [-0.39, 0.29) is 19.3 Å². The Morgan fingerprint density at radius 2 is 2.22 bits per heavy atom. The maximum Gasteiger partial charge on any atom is 0.0620 e. The third kappa shape index (κ3) is 4.14. The molecule has 1 atom stereocenters. The lowest BCUT2D eigenvalue weighted by Crippen LogP contribution is -2.32. The van der Waals surface area contributed by atoms with Crippen molar-refractivity contribution in [3.63, 3.8) is 0 Å². The second-order valence-corrected chi connectivity index (χ2v) is 1.70. The van der Waals surface area contributed by atoms with Crippen LogP contribution >= 0.6 is 0 Å². The first-order chi connectivity index (χ1) is 4.35. The van der Waals surface area contributed by atoms with Gasteiger partial charge in [0.1, 0.15) is 0 Å². The summed E-state index contributed by atoms with van der Waals surface area (Å²) in [4.78, 5) is 0. The molecule has 0 aliphatic rings. The van der Waals surface area contributed by atoms with E-state index in [1.807, 2.05) is 0 Å². The van der Waals surface area contributed by atoms with Gasteiger partial charge in [-0.25, -0.2) is 0 Å². The topological polar surface area (TPSA) is 52.5 Å². The standard InChI is InChI=1S/C6H13NO2/c1-2-6(5-9)7-3-4-8/h2,6-9H,1,3-5H2. The highest BCUT2D eigenvalue weighted by atomic mass is 16.3. The van der Waals surface area contributed by atoms with Crippen LogP contribution in [0.3, 0.4) is 0 Å². The van der Waals surface area contributed by atoms with E-state index in [9.17, 15) is 0 Å². The lowest BCUT2D eigenvalue weighted by Gasteiger charge is -2.08. The van der Waals surface area contributed by atoms with Crippen LogP contribution in [-0.2, 0) is 0 Å².